The van der Waals surface area contributed by atoms with E-state index in [1.54, 1.807) is 6.26 Å². The minimum absolute atomic E-state index is 0.817. The highest BCUT2D eigenvalue weighted by Gasteiger charge is 2.17. The van der Waals surface area contributed by atoms with Gasteiger partial charge in [0.15, 0.2) is 0 Å². The number of aromatic nitrogens is 2. The van der Waals surface area contributed by atoms with Crippen LogP contribution < -0.4 is 10.2 Å². The van der Waals surface area contributed by atoms with Crippen molar-refractivity contribution in [2.24, 2.45) is 7.05 Å². The second kappa shape index (κ2) is 5.48. The fourth-order valence-electron chi connectivity index (χ4n) is 2.46. The van der Waals surface area contributed by atoms with Crippen LogP contribution in [0.4, 0.5) is 5.82 Å². The number of hydrogen-bond donors (Lipinski definition) is 1. The standard InChI is InChI=1S/C14H22N4O/c1-10-13(8-15-3)14(18(5)16-10)17(4)9-12-6-7-19-11(12)2/h6-7,15H,8-9H2,1-5H3. The molecule has 0 aliphatic heterocycles. The van der Waals surface area contributed by atoms with Gasteiger partial charge in [0.1, 0.15) is 11.6 Å². The number of furan rings is 1. The van der Waals surface area contributed by atoms with Crippen molar-refractivity contribution in [3.8, 4) is 0 Å². The molecule has 2 aromatic rings. The Morgan fingerprint density at radius 1 is 1.42 bits per heavy atom. The molecule has 0 bridgehead atoms. The van der Waals surface area contributed by atoms with E-state index in [-0.39, 0.29) is 0 Å². The Morgan fingerprint density at radius 2 is 2.16 bits per heavy atom. The summed E-state index contributed by atoms with van der Waals surface area (Å²) in [5.74, 6) is 2.12. The van der Waals surface area contributed by atoms with E-state index in [4.69, 9.17) is 4.42 Å². The van der Waals surface area contributed by atoms with Crippen LogP contribution in [0.3, 0.4) is 0 Å². The van der Waals surface area contributed by atoms with E-state index >= 15 is 0 Å². The van der Waals surface area contributed by atoms with Gasteiger partial charge < -0.3 is 14.6 Å². The Balaban J connectivity index is 2.28. The molecule has 2 aromatic heterocycles. The summed E-state index contributed by atoms with van der Waals surface area (Å²) < 4.78 is 7.29. The van der Waals surface area contributed by atoms with E-state index in [9.17, 15) is 0 Å². The van der Waals surface area contributed by atoms with Gasteiger partial charge >= 0.3 is 0 Å². The maximum atomic E-state index is 5.35. The Labute approximate surface area is 114 Å². The number of hydrogen-bond acceptors (Lipinski definition) is 4. The van der Waals surface area contributed by atoms with E-state index in [2.05, 4.69) is 22.4 Å². The highest BCUT2D eigenvalue weighted by molar-refractivity contribution is 5.50. The molecule has 2 rings (SSSR count). The summed E-state index contributed by atoms with van der Waals surface area (Å²) >= 11 is 0. The molecule has 0 radical (unpaired) electrons. The number of nitrogens with one attached hydrogen (secondary N) is 1. The molecule has 0 unspecified atom stereocenters. The predicted octanol–water partition coefficient (Wildman–Crippen LogP) is 1.99. The predicted molar refractivity (Wildman–Crippen MR) is 76.3 cm³/mol. The topological polar surface area (TPSA) is 46.2 Å². The van der Waals surface area contributed by atoms with Crippen molar-refractivity contribution in [3.05, 3.63) is 34.9 Å². The third kappa shape index (κ3) is 2.66. The maximum Gasteiger partial charge on any atom is 0.131 e. The van der Waals surface area contributed by atoms with Crippen molar-refractivity contribution in [2.45, 2.75) is 26.9 Å². The number of nitrogens with zero attached hydrogens (tertiary/aromatic N) is 3. The van der Waals surface area contributed by atoms with Crippen molar-refractivity contribution in [1.29, 1.82) is 0 Å². The van der Waals surface area contributed by atoms with Gasteiger partial charge in [0.05, 0.1) is 12.0 Å². The average molecular weight is 262 g/mol. The molecule has 0 fully saturated rings. The SMILES string of the molecule is CNCc1c(C)nn(C)c1N(C)Cc1ccoc1C. The van der Waals surface area contributed by atoms with Crippen molar-refractivity contribution in [1.82, 2.24) is 15.1 Å². The van der Waals surface area contributed by atoms with Crippen LogP contribution in [0.25, 0.3) is 0 Å². The zero-order valence-corrected chi connectivity index (χ0v) is 12.3. The summed E-state index contributed by atoms with van der Waals surface area (Å²) in [6, 6.07) is 2.02. The molecule has 0 aliphatic carbocycles. The minimum atomic E-state index is 0.817. The molecule has 0 atom stereocenters. The number of anilines is 1. The molecule has 0 saturated carbocycles. The number of aryl methyl sites for hydroxylation is 3. The second-order valence-electron chi connectivity index (χ2n) is 4.90. The smallest absolute Gasteiger partial charge is 0.131 e. The maximum absolute atomic E-state index is 5.35. The first-order valence-corrected chi connectivity index (χ1v) is 6.45. The van der Waals surface area contributed by atoms with E-state index in [0.717, 1.165) is 30.4 Å². The van der Waals surface area contributed by atoms with Gasteiger partial charge in [0.25, 0.3) is 0 Å². The zero-order chi connectivity index (χ0) is 14.0. The molecular formula is C14H22N4O. The van der Waals surface area contributed by atoms with Crippen LogP contribution in [0.1, 0.15) is 22.6 Å². The zero-order valence-electron chi connectivity index (χ0n) is 12.3. The molecule has 0 saturated heterocycles. The lowest BCUT2D eigenvalue weighted by molar-refractivity contribution is 0.529. The van der Waals surface area contributed by atoms with Crippen molar-refractivity contribution >= 4 is 5.82 Å². The lowest BCUT2D eigenvalue weighted by atomic mass is 10.2. The molecule has 2 heterocycles. The molecule has 0 aromatic carbocycles. The van der Waals surface area contributed by atoms with Crippen LogP contribution in [0.15, 0.2) is 16.7 Å². The van der Waals surface area contributed by atoms with Gasteiger partial charge in [0, 0.05) is 38.3 Å². The van der Waals surface area contributed by atoms with Gasteiger partial charge in [-0.05, 0) is 27.0 Å². The molecular weight excluding hydrogens is 240 g/mol. The lowest BCUT2D eigenvalue weighted by Gasteiger charge is -2.21. The van der Waals surface area contributed by atoms with Crippen LogP contribution in [-0.2, 0) is 20.1 Å². The fraction of sp³-hybridized carbons (Fsp3) is 0.500. The second-order valence-corrected chi connectivity index (χ2v) is 4.90. The van der Waals surface area contributed by atoms with Crippen molar-refractivity contribution in [3.63, 3.8) is 0 Å². The first-order chi connectivity index (χ1) is 9.04. The summed E-state index contributed by atoms with van der Waals surface area (Å²) in [7, 11) is 6.03. The van der Waals surface area contributed by atoms with Crippen molar-refractivity contribution in [2.75, 3.05) is 19.0 Å². The van der Waals surface area contributed by atoms with E-state index < -0.39 is 0 Å². The van der Waals surface area contributed by atoms with Crippen LogP contribution in [0.2, 0.25) is 0 Å². The third-order valence-electron chi connectivity index (χ3n) is 3.40. The highest BCUT2D eigenvalue weighted by atomic mass is 16.3. The molecule has 0 amide bonds. The van der Waals surface area contributed by atoms with E-state index in [0.29, 0.717) is 0 Å². The quantitative estimate of drug-likeness (QED) is 0.895. The molecule has 5 heteroatoms. The van der Waals surface area contributed by atoms with Gasteiger partial charge in [-0.1, -0.05) is 0 Å². The van der Waals surface area contributed by atoms with E-state index in [1.807, 2.05) is 38.7 Å². The first kappa shape index (κ1) is 13.7. The van der Waals surface area contributed by atoms with Gasteiger partial charge in [-0.2, -0.15) is 5.10 Å². The summed E-state index contributed by atoms with van der Waals surface area (Å²) in [6.45, 7) is 5.68. The molecule has 0 aliphatic rings. The van der Waals surface area contributed by atoms with Gasteiger partial charge in [-0.25, -0.2) is 0 Å². The van der Waals surface area contributed by atoms with Crippen LogP contribution in [-0.4, -0.2) is 23.9 Å². The largest absolute Gasteiger partial charge is 0.469 e. The summed E-state index contributed by atoms with van der Waals surface area (Å²) in [4.78, 5) is 2.21. The Hall–Kier alpha value is -1.75. The van der Waals surface area contributed by atoms with Crippen LogP contribution in [0.5, 0.6) is 0 Å². The van der Waals surface area contributed by atoms with Gasteiger partial charge in [-0.15, -0.1) is 0 Å². The Kier molecular flexibility index (Phi) is 3.95. The van der Waals surface area contributed by atoms with Crippen molar-refractivity contribution < 1.29 is 4.42 Å². The first-order valence-electron chi connectivity index (χ1n) is 6.45. The molecule has 0 spiro atoms. The summed E-state index contributed by atoms with van der Waals surface area (Å²) in [5, 5.41) is 7.72. The van der Waals surface area contributed by atoms with Crippen LogP contribution in [0, 0.1) is 13.8 Å². The molecule has 5 nitrogen and oxygen atoms in total. The fourth-order valence-corrected chi connectivity index (χ4v) is 2.46. The van der Waals surface area contributed by atoms with Gasteiger partial charge in [-0.3, -0.25) is 4.68 Å². The summed E-state index contributed by atoms with van der Waals surface area (Å²) in [5.41, 5.74) is 3.52. The Bertz CT molecular complexity index is 556. The molecule has 104 valence electrons. The molecule has 19 heavy (non-hydrogen) atoms. The Morgan fingerprint density at radius 3 is 2.74 bits per heavy atom. The molecule has 1 N–H and O–H groups in total. The third-order valence-corrected chi connectivity index (χ3v) is 3.40. The van der Waals surface area contributed by atoms with Gasteiger partial charge in [0.2, 0.25) is 0 Å². The number of rotatable bonds is 5. The highest BCUT2D eigenvalue weighted by Crippen LogP contribution is 2.24. The monoisotopic (exact) mass is 262 g/mol. The van der Waals surface area contributed by atoms with Crippen LogP contribution >= 0.6 is 0 Å². The normalized spacial score (nSPS) is 11.0. The summed E-state index contributed by atoms with van der Waals surface area (Å²) in [6.07, 6.45) is 1.74. The average Bonchev–Trinajstić information content (AvgIpc) is 2.85. The van der Waals surface area contributed by atoms with E-state index in [1.165, 1.54) is 11.1 Å². The lowest BCUT2D eigenvalue weighted by Crippen LogP contribution is -2.22. The minimum Gasteiger partial charge on any atom is -0.469 e.